The number of anilines is 2. The summed E-state index contributed by atoms with van der Waals surface area (Å²) in [5.74, 6) is 0.614. The van der Waals surface area contributed by atoms with Crippen LogP contribution in [-0.4, -0.2) is 47.7 Å². The maximum Gasteiger partial charge on any atom is 0.269 e. The summed E-state index contributed by atoms with van der Waals surface area (Å²) in [6.45, 7) is 2.54. The quantitative estimate of drug-likeness (QED) is 0.507. The van der Waals surface area contributed by atoms with Gasteiger partial charge in [0.05, 0.1) is 17.9 Å². The zero-order valence-corrected chi connectivity index (χ0v) is 18.4. The third kappa shape index (κ3) is 4.00. The minimum absolute atomic E-state index is 0.0652. The molecule has 0 unspecified atom stereocenters. The van der Waals surface area contributed by atoms with Crippen molar-refractivity contribution in [3.63, 3.8) is 0 Å². The lowest BCUT2D eigenvalue weighted by Gasteiger charge is -2.13. The van der Waals surface area contributed by atoms with Gasteiger partial charge in [-0.25, -0.2) is 12.7 Å². The van der Waals surface area contributed by atoms with Crippen molar-refractivity contribution >= 4 is 49.8 Å². The summed E-state index contributed by atoms with van der Waals surface area (Å²) >= 11 is 2.70. The average Bonchev–Trinajstić information content (AvgIpc) is 3.26. The number of sulfonamides is 1. The number of nitrogens with zero attached hydrogens (tertiary/aromatic N) is 3. The van der Waals surface area contributed by atoms with E-state index in [4.69, 9.17) is 4.74 Å². The number of thioether (sulfide) groups is 1. The molecule has 1 aliphatic rings. The number of aromatic nitrogens is 2. The predicted molar refractivity (Wildman–Crippen MR) is 116 cm³/mol. The van der Waals surface area contributed by atoms with Gasteiger partial charge in [0.15, 0.2) is 4.34 Å². The Morgan fingerprint density at radius 2 is 1.90 bits per heavy atom. The van der Waals surface area contributed by atoms with E-state index in [0.717, 1.165) is 15.7 Å². The van der Waals surface area contributed by atoms with E-state index in [1.807, 2.05) is 31.2 Å². The van der Waals surface area contributed by atoms with Crippen LogP contribution in [0.5, 0.6) is 5.75 Å². The monoisotopic (exact) mass is 462 g/mol. The molecule has 0 saturated carbocycles. The van der Waals surface area contributed by atoms with Crippen molar-refractivity contribution in [1.82, 2.24) is 14.5 Å². The number of fused-ring (bicyclic) bond motifs is 1. The van der Waals surface area contributed by atoms with Gasteiger partial charge < -0.3 is 10.1 Å². The Hall–Kier alpha value is -2.63. The van der Waals surface area contributed by atoms with Crippen LogP contribution in [0.3, 0.4) is 0 Å². The molecule has 0 aliphatic carbocycles. The third-order valence-corrected chi connectivity index (χ3v) is 8.06. The molecule has 1 amide bonds. The number of carbonyl (C=O) groups excluding carboxylic acids is 1. The number of carbonyl (C=O) groups is 1. The van der Waals surface area contributed by atoms with E-state index >= 15 is 0 Å². The van der Waals surface area contributed by atoms with E-state index in [2.05, 4.69) is 15.5 Å². The van der Waals surface area contributed by atoms with Gasteiger partial charge in [0.25, 0.3) is 15.9 Å². The van der Waals surface area contributed by atoms with Gasteiger partial charge in [0.1, 0.15) is 10.6 Å². The molecule has 0 spiro atoms. The number of amides is 1. The molecule has 11 heteroatoms. The molecule has 1 aliphatic heterocycles. The molecule has 0 atom stereocenters. The molecular formula is C19H18N4O4S3. The summed E-state index contributed by atoms with van der Waals surface area (Å²) in [7, 11) is -3.78. The Balaban J connectivity index is 1.38. The van der Waals surface area contributed by atoms with Gasteiger partial charge in [-0.1, -0.05) is 47.4 Å². The van der Waals surface area contributed by atoms with Gasteiger partial charge in [-0.05, 0) is 31.2 Å². The number of hydrogen-bond donors (Lipinski definition) is 1. The molecule has 0 bridgehead atoms. The Morgan fingerprint density at radius 1 is 1.13 bits per heavy atom. The zero-order chi connectivity index (χ0) is 21.1. The van der Waals surface area contributed by atoms with Gasteiger partial charge >= 0.3 is 0 Å². The van der Waals surface area contributed by atoms with Crippen molar-refractivity contribution in [3.05, 3.63) is 54.1 Å². The first-order valence-corrected chi connectivity index (χ1v) is 12.4. The number of rotatable bonds is 8. The molecule has 30 heavy (non-hydrogen) atoms. The largest absolute Gasteiger partial charge is 0.492 e. The highest BCUT2D eigenvalue weighted by molar-refractivity contribution is 8.01. The van der Waals surface area contributed by atoms with Crippen molar-refractivity contribution in [2.24, 2.45) is 0 Å². The SMILES string of the molecule is CCOc1ccccc1Nc1nnc(SCCN2C(=O)c3ccccc3S2(=O)=O)s1. The van der Waals surface area contributed by atoms with E-state index in [9.17, 15) is 13.2 Å². The first-order valence-electron chi connectivity index (χ1n) is 9.12. The predicted octanol–water partition coefficient (Wildman–Crippen LogP) is 3.62. The smallest absolute Gasteiger partial charge is 0.269 e. The molecule has 3 aromatic rings. The topological polar surface area (TPSA) is 101 Å². The molecule has 0 radical (unpaired) electrons. The zero-order valence-electron chi connectivity index (χ0n) is 15.9. The molecule has 1 aromatic heterocycles. The lowest BCUT2D eigenvalue weighted by molar-refractivity contribution is 0.0876. The normalized spacial score (nSPS) is 14.6. The molecular weight excluding hydrogens is 444 g/mol. The van der Waals surface area contributed by atoms with Gasteiger partial charge in [-0.15, -0.1) is 10.2 Å². The second-order valence-electron chi connectivity index (χ2n) is 6.15. The lowest BCUT2D eigenvalue weighted by Crippen LogP contribution is -2.32. The molecule has 2 heterocycles. The lowest BCUT2D eigenvalue weighted by atomic mass is 10.2. The van der Waals surface area contributed by atoms with Gasteiger partial charge in [0.2, 0.25) is 5.13 Å². The van der Waals surface area contributed by atoms with Crippen molar-refractivity contribution in [1.29, 1.82) is 0 Å². The number of ether oxygens (including phenoxy) is 1. The summed E-state index contributed by atoms with van der Waals surface area (Å²) in [5, 5.41) is 12.0. The fourth-order valence-corrected chi connectivity index (χ4v) is 6.40. The summed E-state index contributed by atoms with van der Waals surface area (Å²) in [5.41, 5.74) is 1.01. The minimum Gasteiger partial charge on any atom is -0.492 e. The molecule has 156 valence electrons. The van der Waals surface area contributed by atoms with Crippen molar-refractivity contribution < 1.29 is 17.9 Å². The van der Waals surface area contributed by atoms with Crippen molar-refractivity contribution in [3.8, 4) is 5.75 Å². The standard InChI is InChI=1S/C19H18N4O4S3/c1-2-27-15-9-5-4-8-14(15)20-18-21-22-19(29-18)28-12-11-23-17(24)13-7-3-6-10-16(13)30(23,25)26/h3-10H,2,11-12H2,1H3,(H,20,21). The molecule has 1 N–H and O–H groups in total. The first-order chi connectivity index (χ1) is 14.5. The highest BCUT2D eigenvalue weighted by atomic mass is 32.2. The Kier molecular flexibility index (Phi) is 5.93. The summed E-state index contributed by atoms with van der Waals surface area (Å²) < 4.78 is 32.3. The number of hydrogen-bond acceptors (Lipinski definition) is 9. The number of nitrogens with one attached hydrogen (secondary N) is 1. The minimum atomic E-state index is -3.78. The number of benzene rings is 2. The third-order valence-electron chi connectivity index (χ3n) is 4.27. The van der Waals surface area contributed by atoms with E-state index in [-0.39, 0.29) is 17.0 Å². The maximum atomic E-state index is 12.6. The van der Waals surface area contributed by atoms with Crippen LogP contribution in [0.15, 0.2) is 57.8 Å². The second-order valence-corrected chi connectivity index (χ2v) is 10.3. The molecule has 2 aromatic carbocycles. The average molecular weight is 463 g/mol. The Bertz CT molecular complexity index is 1180. The Labute approximate surface area is 182 Å². The van der Waals surface area contributed by atoms with E-state index in [1.165, 1.54) is 35.2 Å². The van der Waals surface area contributed by atoms with E-state index < -0.39 is 15.9 Å². The van der Waals surface area contributed by atoms with Crippen molar-refractivity contribution in [2.45, 2.75) is 16.2 Å². The van der Waals surface area contributed by atoms with Crippen LogP contribution in [0, 0.1) is 0 Å². The van der Waals surface area contributed by atoms with Crippen LogP contribution < -0.4 is 10.1 Å². The van der Waals surface area contributed by atoms with Crippen LogP contribution in [0.1, 0.15) is 17.3 Å². The summed E-state index contributed by atoms with van der Waals surface area (Å²) in [6, 6.07) is 13.8. The molecule has 0 fully saturated rings. The summed E-state index contributed by atoms with van der Waals surface area (Å²) in [4.78, 5) is 12.5. The summed E-state index contributed by atoms with van der Waals surface area (Å²) in [6.07, 6.45) is 0. The van der Waals surface area contributed by atoms with Gasteiger partial charge in [-0.3, -0.25) is 4.79 Å². The fraction of sp³-hybridized carbons (Fsp3) is 0.211. The van der Waals surface area contributed by atoms with Crippen LogP contribution in [0.2, 0.25) is 0 Å². The van der Waals surface area contributed by atoms with Crippen LogP contribution >= 0.6 is 23.1 Å². The second kappa shape index (κ2) is 8.62. The molecule has 0 saturated heterocycles. The maximum absolute atomic E-state index is 12.6. The highest BCUT2D eigenvalue weighted by Gasteiger charge is 2.40. The first kappa shape index (κ1) is 20.6. The van der Waals surface area contributed by atoms with Crippen LogP contribution in [0.25, 0.3) is 0 Å². The van der Waals surface area contributed by atoms with Crippen molar-refractivity contribution in [2.75, 3.05) is 24.2 Å². The highest BCUT2D eigenvalue weighted by Crippen LogP contribution is 2.33. The molecule has 8 nitrogen and oxygen atoms in total. The van der Waals surface area contributed by atoms with Crippen LogP contribution in [-0.2, 0) is 10.0 Å². The van der Waals surface area contributed by atoms with E-state index in [0.29, 0.717) is 21.8 Å². The van der Waals surface area contributed by atoms with Gasteiger partial charge in [-0.2, -0.15) is 0 Å². The van der Waals surface area contributed by atoms with Crippen LogP contribution in [0.4, 0.5) is 10.8 Å². The fourth-order valence-electron chi connectivity index (χ4n) is 2.95. The molecule has 4 rings (SSSR count). The number of para-hydroxylation sites is 2. The Morgan fingerprint density at radius 3 is 2.70 bits per heavy atom. The van der Waals surface area contributed by atoms with E-state index in [1.54, 1.807) is 12.1 Å². The van der Waals surface area contributed by atoms with Gasteiger partial charge in [0, 0.05) is 12.3 Å².